The van der Waals surface area contributed by atoms with Crippen LogP contribution in [0.15, 0.2) is 53.3 Å². The van der Waals surface area contributed by atoms with Crippen molar-refractivity contribution in [3.05, 3.63) is 75.6 Å². The summed E-state index contributed by atoms with van der Waals surface area (Å²) in [7, 11) is 6.99. The van der Waals surface area contributed by atoms with E-state index in [9.17, 15) is 34.8 Å². The molecule has 0 amide bonds. The minimum Gasteiger partial charge on any atom is -0.508 e. The molecule has 0 spiro atoms. The van der Waals surface area contributed by atoms with Crippen LogP contribution < -0.4 is 4.90 Å². The number of carbonyl (C=O) groups excluding carboxylic acids is 3. The number of aliphatic hydroxyl groups is 3. The quantitative estimate of drug-likeness (QED) is 0.269. The van der Waals surface area contributed by atoms with Crippen molar-refractivity contribution in [2.75, 3.05) is 33.1 Å². The maximum Gasteiger partial charge on any atom is 0.202 e. The summed E-state index contributed by atoms with van der Waals surface area (Å²) in [6, 6.07) is 11.0. The third kappa shape index (κ3) is 4.84. The van der Waals surface area contributed by atoms with Crippen LogP contribution in [0.4, 0.5) is 5.69 Å². The minimum atomic E-state index is -2.57. The molecule has 3 aliphatic carbocycles. The van der Waals surface area contributed by atoms with Gasteiger partial charge < -0.3 is 25.3 Å². The molecule has 2 aromatic rings. The number of fused-ring (bicyclic) bond motifs is 3. The number of aryl methyl sites for hydroxylation is 2. The first-order chi connectivity index (χ1) is 20.3. The van der Waals surface area contributed by atoms with E-state index in [1.54, 1.807) is 19.0 Å². The first kappa shape index (κ1) is 30.5. The van der Waals surface area contributed by atoms with Gasteiger partial charge in [-0.1, -0.05) is 30.3 Å². The normalized spacial score (nSPS) is 25.0. The molecule has 3 aliphatic rings. The first-order valence-corrected chi connectivity index (χ1v) is 14.8. The van der Waals surface area contributed by atoms with Crippen LogP contribution in [0.1, 0.15) is 48.4 Å². The summed E-state index contributed by atoms with van der Waals surface area (Å²) in [4.78, 5) is 43.4. The third-order valence-electron chi connectivity index (χ3n) is 9.37. The van der Waals surface area contributed by atoms with Crippen LogP contribution in [0, 0.1) is 11.8 Å². The molecule has 0 aromatic heterocycles. The molecule has 9 nitrogen and oxygen atoms in total. The Hall–Kier alpha value is -3.95. The Bertz CT molecular complexity index is 1560. The average molecular weight is 589 g/mol. The maximum atomic E-state index is 14.2. The summed E-state index contributed by atoms with van der Waals surface area (Å²) in [6.07, 6.45) is 3.52. The number of benzene rings is 2. The molecule has 0 radical (unpaired) electrons. The van der Waals surface area contributed by atoms with Gasteiger partial charge in [0.15, 0.2) is 17.2 Å². The van der Waals surface area contributed by atoms with Crippen LogP contribution in [0.5, 0.6) is 5.75 Å². The molecule has 0 heterocycles. The highest BCUT2D eigenvalue weighted by atomic mass is 16.3. The zero-order chi connectivity index (χ0) is 31.4. The van der Waals surface area contributed by atoms with Gasteiger partial charge in [-0.2, -0.15) is 0 Å². The number of hydrogen-bond acceptors (Lipinski definition) is 9. The molecule has 0 bridgehead atoms. The first-order valence-electron chi connectivity index (χ1n) is 14.8. The van der Waals surface area contributed by atoms with Crippen molar-refractivity contribution in [3.63, 3.8) is 0 Å². The van der Waals surface area contributed by atoms with Gasteiger partial charge in [-0.15, -0.1) is 0 Å². The fraction of sp³-hybridized carbons (Fsp3) is 0.441. The fourth-order valence-corrected chi connectivity index (χ4v) is 7.33. The predicted molar refractivity (Wildman–Crippen MR) is 163 cm³/mol. The molecule has 43 heavy (non-hydrogen) atoms. The highest BCUT2D eigenvalue weighted by Gasteiger charge is 2.64. The van der Waals surface area contributed by atoms with Crippen LogP contribution in [-0.2, 0) is 33.6 Å². The van der Waals surface area contributed by atoms with Crippen LogP contribution in [0.25, 0.3) is 5.76 Å². The van der Waals surface area contributed by atoms with E-state index in [4.69, 9.17) is 0 Å². The van der Waals surface area contributed by atoms with Crippen molar-refractivity contribution >= 4 is 28.8 Å². The van der Waals surface area contributed by atoms with E-state index < -0.39 is 57.9 Å². The van der Waals surface area contributed by atoms with Gasteiger partial charge in [-0.3, -0.25) is 19.3 Å². The molecule has 1 fully saturated rings. The van der Waals surface area contributed by atoms with Crippen molar-refractivity contribution < 1.29 is 34.8 Å². The summed E-state index contributed by atoms with van der Waals surface area (Å²) >= 11 is 0. The number of aromatic hydroxyl groups is 1. The van der Waals surface area contributed by atoms with Gasteiger partial charge in [0.05, 0.1) is 11.6 Å². The van der Waals surface area contributed by atoms with Crippen LogP contribution in [0.2, 0.25) is 0 Å². The summed E-state index contributed by atoms with van der Waals surface area (Å²) in [5.41, 5.74) is 0.220. The number of hydrogen-bond donors (Lipinski definition) is 4. The number of Topliss-reactive ketones (excluding diaryl/α,β-unsaturated/α-hetero) is 3. The van der Waals surface area contributed by atoms with Crippen molar-refractivity contribution in [1.82, 2.24) is 4.90 Å². The second-order valence-corrected chi connectivity index (χ2v) is 12.5. The van der Waals surface area contributed by atoms with E-state index in [1.165, 1.54) is 5.56 Å². The second kappa shape index (κ2) is 11.3. The van der Waals surface area contributed by atoms with Crippen LogP contribution in [-0.4, -0.2) is 82.5 Å². The maximum absolute atomic E-state index is 14.2. The summed E-state index contributed by atoms with van der Waals surface area (Å²) < 4.78 is 0. The smallest absolute Gasteiger partial charge is 0.202 e. The Morgan fingerprint density at radius 2 is 1.65 bits per heavy atom. The number of phenolic OH excluding ortho intramolecular Hbond substituents is 1. The molecule has 228 valence electrons. The van der Waals surface area contributed by atoms with E-state index in [2.05, 4.69) is 12.1 Å². The number of phenols is 1. The summed E-state index contributed by atoms with van der Waals surface area (Å²) in [6.45, 7) is 1.10. The Balaban J connectivity index is 1.58. The Labute approximate surface area is 251 Å². The number of likely N-dealkylation sites (N-methyl/N-ethyl adjacent to an activating group) is 1. The Morgan fingerprint density at radius 3 is 2.26 bits per heavy atom. The van der Waals surface area contributed by atoms with Gasteiger partial charge in [0.25, 0.3) is 0 Å². The van der Waals surface area contributed by atoms with Crippen molar-refractivity contribution in [1.29, 1.82) is 0 Å². The van der Waals surface area contributed by atoms with Gasteiger partial charge in [-0.25, -0.2) is 0 Å². The van der Waals surface area contributed by atoms with E-state index in [-0.39, 0.29) is 29.7 Å². The van der Waals surface area contributed by atoms with Crippen LogP contribution >= 0.6 is 0 Å². The van der Waals surface area contributed by atoms with Gasteiger partial charge in [-0.05, 0) is 88.2 Å². The number of ketones is 3. The molecule has 1 saturated carbocycles. The minimum absolute atomic E-state index is 0.0970. The molecule has 0 aliphatic heterocycles. The van der Waals surface area contributed by atoms with Gasteiger partial charge in [0.1, 0.15) is 22.8 Å². The lowest BCUT2D eigenvalue weighted by Crippen LogP contribution is -2.65. The largest absolute Gasteiger partial charge is 0.508 e. The molecule has 2 aromatic carbocycles. The molecule has 4 atom stereocenters. The highest BCUT2D eigenvalue weighted by Crippen LogP contribution is 2.54. The van der Waals surface area contributed by atoms with E-state index >= 15 is 0 Å². The monoisotopic (exact) mass is 588 g/mol. The van der Waals surface area contributed by atoms with E-state index in [1.807, 2.05) is 43.3 Å². The van der Waals surface area contributed by atoms with E-state index in [0.717, 1.165) is 31.9 Å². The zero-order valence-corrected chi connectivity index (χ0v) is 25.3. The number of unbranched alkanes of at least 4 members (excludes halogenated alkanes) is 1. The Morgan fingerprint density at radius 1 is 1.00 bits per heavy atom. The van der Waals surface area contributed by atoms with E-state index in [0.29, 0.717) is 17.5 Å². The lowest BCUT2D eigenvalue weighted by atomic mass is 9.57. The number of nitrogens with zero attached hydrogens (tertiary/aromatic N) is 2. The van der Waals surface area contributed by atoms with Crippen molar-refractivity contribution in [2.45, 2.75) is 57.1 Å². The SMILES string of the molecule is CC(=O)C1=C(O)[C@@]2(O)C(=O)C3=C(O)c4c(O)c(CCCCc5ccccc5)cc(N(C)C)c4C[C@H]3C[C@H]2C(N(C)C)C1=O. The van der Waals surface area contributed by atoms with Crippen molar-refractivity contribution in [2.24, 2.45) is 11.8 Å². The standard InChI is InChI=1S/C34H40N2O7/c1-18(37)25-31(40)28(36(4)5)23-16-21-15-22-24(35(2)3)17-20(14-10-9-13-19-11-7-6-8-12-19)29(38)27(22)30(39)26(21)33(42)34(23,43)32(25)41/h6-8,11-12,17,21,23,28,38-39,41,43H,9-10,13-16H2,1-5H3/t21-,23-,28?,34+/m0/s1. The summed E-state index contributed by atoms with van der Waals surface area (Å²) in [5.74, 6) is -5.50. The average Bonchev–Trinajstić information content (AvgIpc) is 2.94. The molecular weight excluding hydrogens is 548 g/mol. The fourth-order valence-electron chi connectivity index (χ4n) is 7.33. The number of aliphatic hydroxyl groups excluding tert-OH is 2. The molecule has 9 heteroatoms. The van der Waals surface area contributed by atoms with Gasteiger partial charge >= 0.3 is 0 Å². The molecule has 5 rings (SSSR count). The second-order valence-electron chi connectivity index (χ2n) is 12.5. The molecule has 0 saturated heterocycles. The van der Waals surface area contributed by atoms with Crippen LogP contribution in [0.3, 0.4) is 0 Å². The third-order valence-corrected chi connectivity index (χ3v) is 9.37. The molecular formula is C34H40N2O7. The lowest BCUT2D eigenvalue weighted by Gasteiger charge is -2.50. The number of carbonyl (C=O) groups is 3. The highest BCUT2D eigenvalue weighted by molar-refractivity contribution is 6.25. The predicted octanol–water partition coefficient (Wildman–Crippen LogP) is 3.70. The van der Waals surface area contributed by atoms with Gasteiger partial charge in [0.2, 0.25) is 5.78 Å². The number of rotatable bonds is 8. The lowest BCUT2D eigenvalue weighted by molar-refractivity contribution is -0.153. The Kier molecular flexibility index (Phi) is 8.00. The summed E-state index contributed by atoms with van der Waals surface area (Å²) in [5, 5.41) is 46.2. The molecule has 4 N–H and O–H groups in total. The number of anilines is 1. The zero-order valence-electron chi connectivity index (χ0n) is 25.3. The molecule has 1 unspecified atom stereocenters. The van der Waals surface area contributed by atoms with Gasteiger partial charge in [0, 0.05) is 31.3 Å². The van der Waals surface area contributed by atoms with Crippen molar-refractivity contribution in [3.8, 4) is 5.75 Å². The topological polar surface area (TPSA) is 139 Å².